The standard InChI is InChI=1S/C13H16ClN3O3/c14-9-3-6-15-12(16-9)17-10(18)7-13(8-11(19)20)4-1-2-5-13/h3,6H,1-2,4-5,7-8H2,(H,19,20)(H,15,16,17,18). The quantitative estimate of drug-likeness (QED) is 0.815. The first kappa shape index (κ1) is 14.7. The van der Waals surface area contributed by atoms with Crippen LogP contribution < -0.4 is 5.32 Å². The van der Waals surface area contributed by atoms with Crippen molar-refractivity contribution in [3.63, 3.8) is 0 Å². The Morgan fingerprint density at radius 2 is 2.05 bits per heavy atom. The first-order valence-electron chi connectivity index (χ1n) is 6.49. The number of aromatic nitrogens is 2. The highest BCUT2D eigenvalue weighted by Crippen LogP contribution is 2.44. The minimum atomic E-state index is -0.862. The summed E-state index contributed by atoms with van der Waals surface area (Å²) in [5.41, 5.74) is -0.436. The van der Waals surface area contributed by atoms with Crippen LogP contribution in [0.5, 0.6) is 0 Å². The maximum absolute atomic E-state index is 12.0. The van der Waals surface area contributed by atoms with Gasteiger partial charge in [-0.25, -0.2) is 9.97 Å². The number of carboxylic acid groups (broad SMARTS) is 1. The van der Waals surface area contributed by atoms with E-state index in [9.17, 15) is 9.59 Å². The van der Waals surface area contributed by atoms with Gasteiger partial charge in [0, 0.05) is 12.6 Å². The van der Waals surface area contributed by atoms with Gasteiger partial charge in [-0.3, -0.25) is 14.9 Å². The molecule has 1 aliphatic rings. The summed E-state index contributed by atoms with van der Waals surface area (Å²) in [5.74, 6) is -0.986. The predicted molar refractivity (Wildman–Crippen MR) is 73.4 cm³/mol. The van der Waals surface area contributed by atoms with E-state index in [1.807, 2.05) is 0 Å². The van der Waals surface area contributed by atoms with Crippen molar-refractivity contribution in [3.8, 4) is 0 Å². The topological polar surface area (TPSA) is 92.2 Å². The van der Waals surface area contributed by atoms with Crippen molar-refractivity contribution in [2.24, 2.45) is 5.41 Å². The van der Waals surface area contributed by atoms with E-state index in [1.165, 1.54) is 12.3 Å². The molecule has 0 spiro atoms. The Labute approximate surface area is 121 Å². The van der Waals surface area contributed by atoms with Gasteiger partial charge in [-0.2, -0.15) is 0 Å². The normalized spacial score (nSPS) is 16.9. The minimum absolute atomic E-state index is 0.0246. The average Bonchev–Trinajstić information content (AvgIpc) is 2.75. The molecule has 0 radical (unpaired) electrons. The van der Waals surface area contributed by atoms with Crippen LogP contribution in [0.3, 0.4) is 0 Å². The van der Waals surface area contributed by atoms with E-state index in [-0.39, 0.29) is 29.9 Å². The zero-order valence-corrected chi connectivity index (χ0v) is 11.7. The smallest absolute Gasteiger partial charge is 0.303 e. The van der Waals surface area contributed by atoms with Crippen molar-refractivity contribution in [1.29, 1.82) is 0 Å². The Balaban J connectivity index is 2.00. The third-order valence-corrected chi connectivity index (χ3v) is 3.81. The van der Waals surface area contributed by atoms with Gasteiger partial charge in [-0.05, 0) is 24.3 Å². The number of aliphatic carboxylic acids is 1. The van der Waals surface area contributed by atoms with Gasteiger partial charge in [-0.15, -0.1) is 0 Å². The second-order valence-electron chi connectivity index (χ2n) is 5.21. The van der Waals surface area contributed by atoms with E-state index < -0.39 is 11.4 Å². The number of rotatable bonds is 5. The van der Waals surface area contributed by atoms with Crippen molar-refractivity contribution in [2.45, 2.75) is 38.5 Å². The largest absolute Gasteiger partial charge is 0.481 e. The molecule has 0 aromatic carbocycles. The number of halogens is 1. The van der Waals surface area contributed by atoms with Crippen LogP contribution in [0.1, 0.15) is 38.5 Å². The summed E-state index contributed by atoms with van der Waals surface area (Å²) in [6.07, 6.45) is 5.12. The number of amides is 1. The maximum Gasteiger partial charge on any atom is 0.303 e. The molecule has 2 rings (SSSR count). The number of nitrogens with zero attached hydrogens (tertiary/aromatic N) is 2. The van der Waals surface area contributed by atoms with Crippen molar-refractivity contribution in [1.82, 2.24) is 9.97 Å². The van der Waals surface area contributed by atoms with Gasteiger partial charge in [0.2, 0.25) is 11.9 Å². The van der Waals surface area contributed by atoms with E-state index in [0.29, 0.717) is 0 Å². The Bertz CT molecular complexity index is 515. The summed E-state index contributed by atoms with van der Waals surface area (Å²) in [7, 11) is 0. The summed E-state index contributed by atoms with van der Waals surface area (Å²) in [5, 5.41) is 11.8. The molecule has 2 N–H and O–H groups in total. The highest BCUT2D eigenvalue weighted by atomic mass is 35.5. The van der Waals surface area contributed by atoms with E-state index in [4.69, 9.17) is 16.7 Å². The zero-order chi connectivity index (χ0) is 14.6. The van der Waals surface area contributed by atoms with Crippen molar-refractivity contribution >= 4 is 29.4 Å². The molecule has 0 bridgehead atoms. The predicted octanol–water partition coefficient (Wildman–Crippen LogP) is 2.49. The molecule has 0 saturated heterocycles. The molecule has 1 aromatic rings. The second-order valence-corrected chi connectivity index (χ2v) is 5.59. The number of carbonyl (C=O) groups excluding carboxylic acids is 1. The molecule has 1 aromatic heterocycles. The second kappa shape index (κ2) is 6.17. The van der Waals surface area contributed by atoms with Crippen molar-refractivity contribution in [2.75, 3.05) is 5.32 Å². The molecule has 0 atom stereocenters. The lowest BCUT2D eigenvalue weighted by Gasteiger charge is -2.26. The fourth-order valence-corrected chi connectivity index (χ4v) is 2.90. The number of anilines is 1. The van der Waals surface area contributed by atoms with Crippen LogP contribution >= 0.6 is 11.6 Å². The monoisotopic (exact) mass is 297 g/mol. The molecule has 1 amide bonds. The highest BCUT2D eigenvalue weighted by molar-refractivity contribution is 6.29. The Kier molecular flexibility index (Phi) is 4.54. The fraction of sp³-hybridized carbons (Fsp3) is 0.538. The minimum Gasteiger partial charge on any atom is -0.481 e. The van der Waals surface area contributed by atoms with Gasteiger partial charge >= 0.3 is 5.97 Å². The summed E-state index contributed by atoms with van der Waals surface area (Å²) in [6, 6.07) is 1.51. The number of hydrogen-bond donors (Lipinski definition) is 2. The summed E-state index contributed by atoms with van der Waals surface area (Å²) in [4.78, 5) is 30.8. The van der Waals surface area contributed by atoms with Gasteiger partial charge < -0.3 is 5.11 Å². The Hall–Kier alpha value is -1.69. The Morgan fingerprint density at radius 1 is 1.35 bits per heavy atom. The van der Waals surface area contributed by atoms with Gasteiger partial charge in [0.25, 0.3) is 0 Å². The van der Waals surface area contributed by atoms with Crippen molar-refractivity contribution in [3.05, 3.63) is 17.4 Å². The Morgan fingerprint density at radius 3 is 2.65 bits per heavy atom. The SMILES string of the molecule is O=C(O)CC1(CC(=O)Nc2nccc(Cl)n2)CCCC1. The van der Waals surface area contributed by atoms with Gasteiger partial charge in [0.15, 0.2) is 0 Å². The number of hydrogen-bond acceptors (Lipinski definition) is 4. The molecule has 0 aliphatic heterocycles. The molecule has 20 heavy (non-hydrogen) atoms. The maximum atomic E-state index is 12.0. The lowest BCUT2D eigenvalue weighted by atomic mass is 9.79. The third kappa shape index (κ3) is 3.90. The number of carbonyl (C=O) groups is 2. The van der Waals surface area contributed by atoms with Crippen LogP contribution in [0.25, 0.3) is 0 Å². The van der Waals surface area contributed by atoms with Crippen LogP contribution in [0, 0.1) is 5.41 Å². The zero-order valence-electron chi connectivity index (χ0n) is 10.9. The molecule has 1 fully saturated rings. The molecule has 7 heteroatoms. The molecule has 1 heterocycles. The van der Waals surface area contributed by atoms with E-state index in [2.05, 4.69) is 15.3 Å². The average molecular weight is 298 g/mol. The molecule has 108 valence electrons. The van der Waals surface area contributed by atoms with E-state index in [1.54, 1.807) is 0 Å². The van der Waals surface area contributed by atoms with Crippen LogP contribution in [0.2, 0.25) is 5.15 Å². The van der Waals surface area contributed by atoms with Crippen LogP contribution in [0.4, 0.5) is 5.95 Å². The molecule has 0 unspecified atom stereocenters. The summed E-state index contributed by atoms with van der Waals surface area (Å²) in [6.45, 7) is 0. The van der Waals surface area contributed by atoms with Gasteiger partial charge in [-0.1, -0.05) is 24.4 Å². The number of nitrogens with one attached hydrogen (secondary N) is 1. The lowest BCUT2D eigenvalue weighted by Crippen LogP contribution is -2.28. The molecular weight excluding hydrogens is 282 g/mol. The number of carboxylic acids is 1. The van der Waals surface area contributed by atoms with Gasteiger partial charge in [0.05, 0.1) is 6.42 Å². The molecule has 1 saturated carbocycles. The summed E-state index contributed by atoms with van der Waals surface area (Å²) < 4.78 is 0. The van der Waals surface area contributed by atoms with Crippen molar-refractivity contribution < 1.29 is 14.7 Å². The van der Waals surface area contributed by atoms with Crippen LogP contribution in [0.15, 0.2) is 12.3 Å². The lowest BCUT2D eigenvalue weighted by molar-refractivity contribution is -0.140. The summed E-state index contributed by atoms with van der Waals surface area (Å²) >= 11 is 5.71. The first-order valence-corrected chi connectivity index (χ1v) is 6.87. The fourth-order valence-electron chi connectivity index (χ4n) is 2.77. The van der Waals surface area contributed by atoms with Gasteiger partial charge in [0.1, 0.15) is 5.15 Å². The molecule has 1 aliphatic carbocycles. The molecule has 6 nitrogen and oxygen atoms in total. The third-order valence-electron chi connectivity index (χ3n) is 3.60. The van der Waals surface area contributed by atoms with Crippen LogP contribution in [-0.4, -0.2) is 27.0 Å². The van der Waals surface area contributed by atoms with E-state index in [0.717, 1.165) is 25.7 Å². The van der Waals surface area contributed by atoms with E-state index >= 15 is 0 Å². The first-order chi connectivity index (χ1) is 9.49. The molecular formula is C13H16ClN3O3. The highest BCUT2D eigenvalue weighted by Gasteiger charge is 2.38. The van der Waals surface area contributed by atoms with Crippen LogP contribution in [-0.2, 0) is 9.59 Å².